The molecule has 56 heavy (non-hydrogen) atoms. The average Bonchev–Trinajstić information content (AvgIpc) is 4.00. The zero-order valence-corrected chi connectivity index (χ0v) is 34.1. The molecule has 1 unspecified atom stereocenters. The smallest absolute Gasteiger partial charge is 0.265 e. The van der Waals surface area contributed by atoms with Gasteiger partial charge in [0.25, 0.3) is 11.5 Å². The van der Waals surface area contributed by atoms with Gasteiger partial charge >= 0.3 is 0 Å². The zero-order valence-electron chi connectivity index (χ0n) is 32.4. The fraction of sp³-hybridized carbons (Fsp3) is 0.357. The van der Waals surface area contributed by atoms with Gasteiger partial charge in [-0.15, -0.1) is 22.7 Å². The Bertz CT molecular complexity index is 2230. The number of hydrogen-bond donors (Lipinski definition) is 1. The first-order chi connectivity index (χ1) is 27.1. The molecule has 0 spiro atoms. The monoisotopic (exact) mass is 796 g/mol. The predicted octanol–water partition coefficient (Wildman–Crippen LogP) is 7.08. The van der Waals surface area contributed by atoms with Crippen molar-refractivity contribution in [2.75, 3.05) is 48.0 Å². The summed E-state index contributed by atoms with van der Waals surface area (Å²) < 4.78 is 19.4. The van der Waals surface area contributed by atoms with Crippen molar-refractivity contribution in [3.63, 3.8) is 0 Å². The Hall–Kier alpha value is -5.33. The zero-order chi connectivity index (χ0) is 40.2. The summed E-state index contributed by atoms with van der Waals surface area (Å²) in [6.45, 7) is 2.68. The highest BCUT2D eigenvalue weighted by Gasteiger charge is 2.32. The van der Waals surface area contributed by atoms with Crippen LogP contribution in [0.2, 0.25) is 0 Å². The molecule has 1 fully saturated rings. The van der Waals surface area contributed by atoms with Crippen molar-refractivity contribution in [1.29, 1.82) is 5.26 Å². The highest BCUT2D eigenvalue weighted by atomic mass is 32.1. The second-order valence-corrected chi connectivity index (χ2v) is 15.5. The second kappa shape index (κ2) is 20.0. The van der Waals surface area contributed by atoms with E-state index in [1.54, 1.807) is 50.7 Å². The third kappa shape index (κ3) is 10.1. The Labute approximate surface area is 335 Å². The van der Waals surface area contributed by atoms with Gasteiger partial charge in [-0.05, 0) is 100 Å². The molecule has 14 heteroatoms. The summed E-state index contributed by atoms with van der Waals surface area (Å²) >= 11 is 2.72. The van der Waals surface area contributed by atoms with Gasteiger partial charge in [0.15, 0.2) is 6.29 Å². The van der Waals surface area contributed by atoms with Crippen molar-refractivity contribution < 1.29 is 23.8 Å². The summed E-state index contributed by atoms with van der Waals surface area (Å²) in [6, 6.07) is 15.5. The van der Waals surface area contributed by atoms with Crippen LogP contribution in [0.4, 0.5) is 0 Å². The van der Waals surface area contributed by atoms with Crippen molar-refractivity contribution in [3.05, 3.63) is 97.2 Å². The fourth-order valence-corrected chi connectivity index (χ4v) is 8.22. The van der Waals surface area contributed by atoms with Crippen LogP contribution in [-0.4, -0.2) is 79.6 Å². The van der Waals surface area contributed by atoms with Crippen LogP contribution in [0.1, 0.15) is 64.0 Å². The quantitative estimate of drug-likeness (QED) is 0.0504. The molecule has 3 aromatic heterocycles. The number of aromatic nitrogens is 2. The maximum absolute atomic E-state index is 13.0. The van der Waals surface area contributed by atoms with E-state index in [-0.39, 0.29) is 23.1 Å². The number of thiophene rings is 1. The number of nitrogens with zero attached hydrogens (tertiary/aromatic N) is 5. The maximum Gasteiger partial charge on any atom is 0.265 e. The van der Waals surface area contributed by atoms with E-state index in [2.05, 4.69) is 4.98 Å². The Morgan fingerprint density at radius 3 is 2.54 bits per heavy atom. The molecule has 0 bridgehead atoms. The third-order valence-electron chi connectivity index (χ3n) is 9.32. The normalized spacial score (nSPS) is 14.0. The molecule has 5 aromatic rings. The molecule has 1 atom stereocenters. The number of ether oxygens (including phenoxy) is 3. The van der Waals surface area contributed by atoms with Gasteiger partial charge in [-0.25, -0.2) is 4.98 Å². The lowest BCUT2D eigenvalue weighted by molar-refractivity contribution is -0.127. The van der Waals surface area contributed by atoms with Crippen LogP contribution in [-0.2, 0) is 18.4 Å². The minimum atomic E-state index is -0.238. The van der Waals surface area contributed by atoms with Crippen LogP contribution in [0.25, 0.3) is 27.3 Å². The molecule has 0 saturated carbocycles. The van der Waals surface area contributed by atoms with Gasteiger partial charge in [0, 0.05) is 48.2 Å². The largest absolute Gasteiger partial charge is 0.496 e. The summed E-state index contributed by atoms with van der Waals surface area (Å²) in [5, 5.41) is 12.5. The van der Waals surface area contributed by atoms with E-state index in [0.717, 1.165) is 71.1 Å². The second-order valence-electron chi connectivity index (χ2n) is 13.5. The number of nitriles is 1. The molecule has 1 aliphatic rings. The average molecular weight is 797 g/mol. The van der Waals surface area contributed by atoms with Crippen LogP contribution in [0.15, 0.2) is 70.6 Å². The molecule has 1 saturated heterocycles. The number of benzene rings is 2. The minimum absolute atomic E-state index is 0.0451. The van der Waals surface area contributed by atoms with E-state index in [1.807, 2.05) is 66.8 Å². The Morgan fingerprint density at radius 2 is 1.89 bits per heavy atom. The summed E-state index contributed by atoms with van der Waals surface area (Å²) in [6.07, 6.45) is 10.6. The van der Waals surface area contributed by atoms with Crippen LogP contribution >= 0.6 is 22.7 Å². The molecule has 0 aliphatic carbocycles. The number of unbranched alkanes of at least 4 members (excludes halogenated alkanes) is 2. The minimum Gasteiger partial charge on any atom is -0.496 e. The summed E-state index contributed by atoms with van der Waals surface area (Å²) in [7, 11) is 8.93. The lowest BCUT2D eigenvalue weighted by Crippen LogP contribution is -2.31. The fourth-order valence-electron chi connectivity index (χ4n) is 6.65. The van der Waals surface area contributed by atoms with Gasteiger partial charge in [0.05, 0.1) is 42.7 Å². The lowest BCUT2D eigenvalue weighted by Gasteiger charge is -2.25. The molecule has 1 amide bonds. The van der Waals surface area contributed by atoms with Gasteiger partial charge in [0.2, 0.25) is 0 Å². The predicted molar refractivity (Wildman–Crippen MR) is 223 cm³/mol. The number of methoxy groups -OCH3 is 2. The summed E-state index contributed by atoms with van der Waals surface area (Å²) in [5.74, 6) is 2.01. The number of aryl methyl sites for hydroxylation is 1. The van der Waals surface area contributed by atoms with E-state index in [0.29, 0.717) is 53.0 Å². The number of aldehydes is 1. The van der Waals surface area contributed by atoms with Crippen molar-refractivity contribution in [3.8, 4) is 34.4 Å². The molecule has 4 heterocycles. The van der Waals surface area contributed by atoms with Gasteiger partial charge in [-0.3, -0.25) is 14.4 Å². The Kier molecular flexibility index (Phi) is 14.9. The SMILES string of the molecule is COc1cc(-c2cn(C)c(=O)c3cc(C=O)sc23)cc(OC)c1CN(C)C.N#C/C(=C\c1nccs1)C(=O)N1CCCC1c1cccc(OCCCCCN)c1. The first-order valence-electron chi connectivity index (χ1n) is 18.4. The molecular weight excluding hydrogens is 749 g/mol. The van der Waals surface area contributed by atoms with Gasteiger partial charge in [-0.2, -0.15) is 5.26 Å². The Balaban J connectivity index is 0.000000215. The van der Waals surface area contributed by atoms with Crippen molar-refractivity contribution in [1.82, 2.24) is 19.4 Å². The molecular formula is C42H48N6O6S2. The number of likely N-dealkylation sites (tertiary alicyclic amines) is 1. The highest BCUT2D eigenvalue weighted by Crippen LogP contribution is 2.40. The summed E-state index contributed by atoms with van der Waals surface area (Å²) in [5.41, 5.74) is 9.24. The van der Waals surface area contributed by atoms with E-state index in [9.17, 15) is 19.6 Å². The van der Waals surface area contributed by atoms with E-state index in [1.165, 1.54) is 27.2 Å². The van der Waals surface area contributed by atoms with Crippen molar-refractivity contribution >= 4 is 51.0 Å². The number of amides is 1. The standard InChI is InChI=1S/C22H26N4O2S.C20H22N2O4S/c23-9-2-1-3-12-28-19-7-4-6-17(14-19)20-8-5-11-26(20)22(27)18(16-24)15-21-25-10-13-29-21;1-21(2)9-16-17(25-4)6-12(7-18(16)26-5)15-10-22(3)20(24)14-8-13(11-23)27-19(14)15/h4,6-7,10,13-15,20H,1-3,5,8-9,11-12,23H2;6-8,10-11H,9H2,1-5H3/b18-15+;. The molecule has 12 nitrogen and oxygen atoms in total. The third-order valence-corrected chi connectivity index (χ3v) is 11.1. The number of pyridine rings is 1. The molecule has 6 rings (SSSR count). The molecule has 1 aliphatic heterocycles. The van der Waals surface area contributed by atoms with Crippen LogP contribution in [0.3, 0.4) is 0 Å². The first-order valence-corrected chi connectivity index (χ1v) is 20.0. The van der Waals surface area contributed by atoms with Gasteiger partial charge in [-0.1, -0.05) is 12.1 Å². The van der Waals surface area contributed by atoms with E-state index in [4.69, 9.17) is 19.9 Å². The number of nitrogens with two attached hydrogens (primary N) is 1. The van der Waals surface area contributed by atoms with Gasteiger partial charge in [0.1, 0.15) is 33.9 Å². The van der Waals surface area contributed by atoms with Crippen LogP contribution < -0.4 is 25.5 Å². The summed E-state index contributed by atoms with van der Waals surface area (Å²) in [4.78, 5) is 45.2. The molecule has 2 aromatic carbocycles. The number of carbonyl (C=O) groups is 2. The lowest BCUT2D eigenvalue weighted by atomic mass is 10.0. The molecule has 2 N–H and O–H groups in total. The first kappa shape index (κ1) is 41.8. The highest BCUT2D eigenvalue weighted by molar-refractivity contribution is 7.21. The van der Waals surface area contributed by atoms with Gasteiger partial charge < -0.3 is 34.3 Å². The number of carbonyl (C=O) groups excluding carboxylic acids is 2. The number of thiazole rings is 1. The number of fused-ring (bicyclic) bond motifs is 1. The van der Waals surface area contributed by atoms with E-state index < -0.39 is 0 Å². The van der Waals surface area contributed by atoms with Crippen LogP contribution in [0, 0.1) is 11.3 Å². The topological polar surface area (TPSA) is 153 Å². The number of rotatable bonds is 15. The van der Waals surface area contributed by atoms with Crippen molar-refractivity contribution in [2.45, 2.75) is 44.7 Å². The molecule has 294 valence electrons. The Morgan fingerprint density at radius 1 is 1.12 bits per heavy atom. The molecule has 0 radical (unpaired) electrons. The van der Waals surface area contributed by atoms with Crippen LogP contribution in [0.5, 0.6) is 17.2 Å². The maximum atomic E-state index is 13.0. The van der Waals surface area contributed by atoms with Crippen molar-refractivity contribution in [2.24, 2.45) is 12.8 Å². The number of hydrogen-bond acceptors (Lipinski definition) is 12. The van der Waals surface area contributed by atoms with E-state index >= 15 is 0 Å².